The molecule has 0 radical (unpaired) electrons. The highest BCUT2D eigenvalue weighted by molar-refractivity contribution is 5.66. The fourth-order valence-corrected chi connectivity index (χ4v) is 2.50. The summed E-state index contributed by atoms with van der Waals surface area (Å²) in [5.74, 6) is 0.416. The molecule has 1 nitrogen and oxygen atoms in total. The first kappa shape index (κ1) is 17.4. The summed E-state index contributed by atoms with van der Waals surface area (Å²) in [7, 11) is 0. The average Bonchev–Trinajstić information content (AvgIpc) is 2.47. The van der Waals surface area contributed by atoms with Crippen LogP contribution in [-0.4, -0.2) is 6.36 Å². The van der Waals surface area contributed by atoms with Crippen LogP contribution in [0.2, 0.25) is 0 Å². The van der Waals surface area contributed by atoms with E-state index in [4.69, 9.17) is 0 Å². The van der Waals surface area contributed by atoms with Crippen molar-refractivity contribution < 1.29 is 17.9 Å². The summed E-state index contributed by atoms with van der Waals surface area (Å²) < 4.78 is 41.0. The number of alkyl halides is 3. The molecule has 0 saturated heterocycles. The fourth-order valence-electron chi connectivity index (χ4n) is 2.50. The Balaban J connectivity index is 2.25. The van der Waals surface area contributed by atoms with Gasteiger partial charge in [-0.2, -0.15) is 0 Å². The summed E-state index contributed by atoms with van der Waals surface area (Å²) >= 11 is 0. The summed E-state index contributed by atoms with van der Waals surface area (Å²) in [6.45, 7) is 6.42. The van der Waals surface area contributed by atoms with E-state index in [1.165, 1.54) is 17.7 Å². The van der Waals surface area contributed by atoms with E-state index in [1.807, 2.05) is 19.1 Å². The Morgan fingerprint density at radius 2 is 1.74 bits per heavy atom. The van der Waals surface area contributed by atoms with Crippen molar-refractivity contribution in [2.45, 2.75) is 40.0 Å². The zero-order valence-electron chi connectivity index (χ0n) is 13.6. The molecule has 0 bridgehead atoms. The Kier molecular flexibility index (Phi) is 5.34. The van der Waals surface area contributed by atoms with Gasteiger partial charge in [0.25, 0.3) is 0 Å². The van der Waals surface area contributed by atoms with E-state index >= 15 is 0 Å². The third-order valence-electron chi connectivity index (χ3n) is 4.01. The van der Waals surface area contributed by atoms with Gasteiger partial charge in [0.1, 0.15) is 5.75 Å². The van der Waals surface area contributed by atoms with Gasteiger partial charge in [0.05, 0.1) is 0 Å². The lowest BCUT2D eigenvalue weighted by molar-refractivity contribution is -0.274. The van der Waals surface area contributed by atoms with Crippen molar-refractivity contribution in [2.24, 2.45) is 5.92 Å². The molecule has 0 saturated carbocycles. The number of benzene rings is 2. The SMILES string of the molecule is CCC(C)Cc1ccc(-c2cccc(OC(F)(F)F)c2)cc1C. The lowest BCUT2D eigenvalue weighted by atomic mass is 9.93. The van der Waals surface area contributed by atoms with Crippen molar-refractivity contribution in [2.75, 3.05) is 0 Å². The summed E-state index contributed by atoms with van der Waals surface area (Å²) in [5.41, 5.74) is 4.05. The third kappa shape index (κ3) is 5.02. The maximum atomic E-state index is 12.3. The molecule has 0 aliphatic carbocycles. The summed E-state index contributed by atoms with van der Waals surface area (Å²) in [5, 5.41) is 0. The first-order chi connectivity index (χ1) is 10.8. The zero-order valence-corrected chi connectivity index (χ0v) is 13.6. The van der Waals surface area contributed by atoms with Gasteiger partial charge in [0.15, 0.2) is 0 Å². The predicted octanol–water partition coefficient (Wildman–Crippen LogP) is 6.15. The molecule has 124 valence electrons. The molecule has 2 aromatic carbocycles. The standard InChI is InChI=1S/C19H21F3O/c1-4-13(2)10-15-8-9-17(11-14(15)3)16-6-5-7-18(12-16)23-19(20,21)22/h5-9,11-13H,4,10H2,1-3H3. The lowest BCUT2D eigenvalue weighted by Crippen LogP contribution is -2.17. The molecule has 2 aromatic rings. The Labute approximate surface area is 135 Å². The molecule has 1 atom stereocenters. The van der Waals surface area contributed by atoms with Crippen LogP contribution in [0.1, 0.15) is 31.4 Å². The second-order valence-corrected chi connectivity index (χ2v) is 5.93. The Bertz CT molecular complexity index is 662. The van der Waals surface area contributed by atoms with Crippen LogP contribution in [0.15, 0.2) is 42.5 Å². The van der Waals surface area contributed by atoms with Crippen LogP contribution in [-0.2, 0) is 6.42 Å². The Hall–Kier alpha value is -1.97. The van der Waals surface area contributed by atoms with Crippen LogP contribution in [0.25, 0.3) is 11.1 Å². The number of aryl methyl sites for hydroxylation is 1. The van der Waals surface area contributed by atoms with Gasteiger partial charge in [-0.05, 0) is 53.6 Å². The van der Waals surface area contributed by atoms with Gasteiger partial charge in [0, 0.05) is 0 Å². The molecular formula is C19H21F3O. The predicted molar refractivity (Wildman–Crippen MR) is 86.5 cm³/mol. The van der Waals surface area contributed by atoms with Crippen LogP contribution < -0.4 is 4.74 Å². The van der Waals surface area contributed by atoms with Crippen LogP contribution >= 0.6 is 0 Å². The van der Waals surface area contributed by atoms with Gasteiger partial charge in [-0.15, -0.1) is 13.2 Å². The number of hydrogen-bond acceptors (Lipinski definition) is 1. The van der Waals surface area contributed by atoms with Crippen molar-refractivity contribution in [3.8, 4) is 16.9 Å². The second kappa shape index (κ2) is 7.07. The lowest BCUT2D eigenvalue weighted by Gasteiger charge is -2.13. The Morgan fingerprint density at radius 1 is 1.04 bits per heavy atom. The summed E-state index contributed by atoms with van der Waals surface area (Å²) in [6.07, 6.45) is -2.54. The van der Waals surface area contributed by atoms with E-state index in [-0.39, 0.29) is 5.75 Å². The van der Waals surface area contributed by atoms with Gasteiger partial charge in [-0.1, -0.05) is 50.6 Å². The molecule has 1 unspecified atom stereocenters. The zero-order chi connectivity index (χ0) is 17.0. The van der Waals surface area contributed by atoms with Crippen LogP contribution in [0, 0.1) is 12.8 Å². The minimum Gasteiger partial charge on any atom is -0.406 e. The van der Waals surface area contributed by atoms with E-state index in [9.17, 15) is 13.2 Å². The van der Waals surface area contributed by atoms with E-state index in [2.05, 4.69) is 24.7 Å². The van der Waals surface area contributed by atoms with Crippen LogP contribution in [0.4, 0.5) is 13.2 Å². The maximum Gasteiger partial charge on any atom is 0.573 e. The largest absolute Gasteiger partial charge is 0.573 e. The van der Waals surface area contributed by atoms with Gasteiger partial charge in [0.2, 0.25) is 0 Å². The fraction of sp³-hybridized carbons (Fsp3) is 0.368. The number of hydrogen-bond donors (Lipinski definition) is 0. The molecule has 0 aromatic heterocycles. The average molecular weight is 322 g/mol. The smallest absolute Gasteiger partial charge is 0.406 e. The molecule has 0 amide bonds. The van der Waals surface area contributed by atoms with Crippen molar-refractivity contribution >= 4 is 0 Å². The normalized spacial score (nSPS) is 13.0. The molecule has 4 heteroatoms. The molecule has 0 spiro atoms. The highest BCUT2D eigenvalue weighted by atomic mass is 19.4. The molecule has 0 fully saturated rings. The van der Waals surface area contributed by atoms with Crippen molar-refractivity contribution in [3.05, 3.63) is 53.6 Å². The summed E-state index contributed by atoms with van der Waals surface area (Å²) in [6, 6.07) is 12.1. The van der Waals surface area contributed by atoms with Crippen molar-refractivity contribution in [1.82, 2.24) is 0 Å². The maximum absolute atomic E-state index is 12.3. The quantitative estimate of drug-likeness (QED) is 0.641. The minimum atomic E-state index is -4.67. The second-order valence-electron chi connectivity index (χ2n) is 5.93. The van der Waals surface area contributed by atoms with E-state index in [0.29, 0.717) is 11.5 Å². The first-order valence-corrected chi connectivity index (χ1v) is 7.74. The monoisotopic (exact) mass is 322 g/mol. The van der Waals surface area contributed by atoms with Crippen molar-refractivity contribution in [3.63, 3.8) is 0 Å². The first-order valence-electron chi connectivity index (χ1n) is 7.74. The minimum absolute atomic E-state index is 0.198. The van der Waals surface area contributed by atoms with Crippen molar-refractivity contribution in [1.29, 1.82) is 0 Å². The Morgan fingerprint density at radius 3 is 2.35 bits per heavy atom. The molecule has 0 N–H and O–H groups in total. The van der Waals surface area contributed by atoms with E-state index < -0.39 is 6.36 Å². The van der Waals surface area contributed by atoms with Gasteiger partial charge >= 0.3 is 6.36 Å². The number of ether oxygens (including phenoxy) is 1. The molecule has 2 rings (SSSR count). The highest BCUT2D eigenvalue weighted by Crippen LogP contribution is 2.29. The number of rotatable bonds is 5. The van der Waals surface area contributed by atoms with Crippen LogP contribution in [0.5, 0.6) is 5.75 Å². The van der Waals surface area contributed by atoms with Gasteiger partial charge in [-0.3, -0.25) is 0 Å². The van der Waals surface area contributed by atoms with Gasteiger partial charge < -0.3 is 4.74 Å². The highest BCUT2D eigenvalue weighted by Gasteiger charge is 2.31. The van der Waals surface area contributed by atoms with Gasteiger partial charge in [-0.25, -0.2) is 0 Å². The molecule has 0 heterocycles. The van der Waals surface area contributed by atoms with E-state index in [0.717, 1.165) is 24.0 Å². The topological polar surface area (TPSA) is 9.23 Å². The van der Waals surface area contributed by atoms with E-state index in [1.54, 1.807) is 12.1 Å². The molecule has 0 aliphatic heterocycles. The molecule has 23 heavy (non-hydrogen) atoms. The molecule has 0 aliphatic rings. The van der Waals surface area contributed by atoms with Crippen LogP contribution in [0.3, 0.4) is 0 Å². The number of halogens is 3. The summed E-state index contributed by atoms with van der Waals surface area (Å²) in [4.78, 5) is 0. The molecular weight excluding hydrogens is 301 g/mol. The third-order valence-corrected chi connectivity index (χ3v) is 4.01.